The molecule has 0 spiro atoms. The highest BCUT2D eigenvalue weighted by Gasteiger charge is 2.23. The molecule has 3 heteroatoms. The van der Waals surface area contributed by atoms with Crippen LogP contribution in [-0.4, -0.2) is 24.6 Å². The highest BCUT2D eigenvalue weighted by Crippen LogP contribution is 2.28. The van der Waals surface area contributed by atoms with E-state index in [0.717, 1.165) is 25.3 Å². The molecule has 1 atom stereocenters. The number of ether oxygens (including phenoxy) is 1. The van der Waals surface area contributed by atoms with Crippen molar-refractivity contribution >= 4 is 0 Å². The fraction of sp³-hybridized carbons (Fsp3) is 0.333. The van der Waals surface area contributed by atoms with Gasteiger partial charge in [-0.3, -0.25) is 4.90 Å². The molecule has 3 rings (SSSR count). The fourth-order valence-corrected chi connectivity index (χ4v) is 2.86. The van der Waals surface area contributed by atoms with Gasteiger partial charge in [0, 0.05) is 26.1 Å². The second-order valence-electron chi connectivity index (χ2n) is 5.77. The molecule has 0 amide bonds. The normalized spacial score (nSPS) is 16.8. The smallest absolute Gasteiger partial charge is 0.123 e. The molecule has 1 unspecified atom stereocenters. The van der Waals surface area contributed by atoms with Crippen LogP contribution in [0, 0.1) is 0 Å². The molecule has 0 aromatic heterocycles. The van der Waals surface area contributed by atoms with Crippen molar-refractivity contribution < 1.29 is 4.74 Å². The van der Waals surface area contributed by atoms with Crippen LogP contribution in [0.3, 0.4) is 0 Å². The van der Waals surface area contributed by atoms with Crippen molar-refractivity contribution in [3.8, 4) is 5.75 Å². The third-order valence-corrected chi connectivity index (χ3v) is 3.94. The van der Waals surface area contributed by atoms with Gasteiger partial charge in [0.25, 0.3) is 0 Å². The quantitative estimate of drug-likeness (QED) is 0.916. The zero-order chi connectivity index (χ0) is 14.7. The van der Waals surface area contributed by atoms with Crippen LogP contribution in [0.25, 0.3) is 0 Å². The molecule has 0 aliphatic carbocycles. The van der Waals surface area contributed by atoms with E-state index in [2.05, 4.69) is 54.4 Å². The molecule has 110 valence electrons. The van der Waals surface area contributed by atoms with Gasteiger partial charge >= 0.3 is 0 Å². The Hall–Kier alpha value is -1.84. The maximum Gasteiger partial charge on any atom is 0.123 e. The second kappa shape index (κ2) is 6.29. The van der Waals surface area contributed by atoms with Crippen molar-refractivity contribution in [3.63, 3.8) is 0 Å². The maximum atomic E-state index is 5.99. The lowest BCUT2D eigenvalue weighted by Gasteiger charge is -2.21. The summed E-state index contributed by atoms with van der Waals surface area (Å²) in [6, 6.07) is 16.8. The van der Waals surface area contributed by atoms with E-state index in [1.54, 1.807) is 0 Å². The Morgan fingerprint density at radius 2 is 1.81 bits per heavy atom. The minimum absolute atomic E-state index is 0.260. The van der Waals surface area contributed by atoms with Gasteiger partial charge in [0.15, 0.2) is 0 Å². The largest absolute Gasteiger partial charge is 0.488 e. The minimum Gasteiger partial charge on any atom is -0.488 e. The van der Waals surface area contributed by atoms with E-state index >= 15 is 0 Å². The monoisotopic (exact) mass is 282 g/mol. The topological polar surface area (TPSA) is 38.5 Å². The molecule has 0 bridgehead atoms. The summed E-state index contributed by atoms with van der Waals surface area (Å²) in [6.45, 7) is 2.47. The summed E-state index contributed by atoms with van der Waals surface area (Å²) in [4.78, 5) is 2.31. The zero-order valence-corrected chi connectivity index (χ0v) is 12.5. The molecule has 1 aliphatic rings. The van der Waals surface area contributed by atoms with E-state index in [0.29, 0.717) is 6.54 Å². The molecule has 21 heavy (non-hydrogen) atoms. The van der Waals surface area contributed by atoms with Gasteiger partial charge in [0.1, 0.15) is 11.9 Å². The number of benzene rings is 2. The van der Waals surface area contributed by atoms with E-state index < -0.39 is 0 Å². The molecule has 1 heterocycles. The Bertz CT molecular complexity index is 569. The average molecular weight is 282 g/mol. The van der Waals surface area contributed by atoms with E-state index in [9.17, 15) is 0 Å². The molecule has 2 aromatic rings. The Labute approximate surface area is 126 Å². The van der Waals surface area contributed by atoms with E-state index in [1.807, 2.05) is 6.07 Å². The summed E-state index contributed by atoms with van der Waals surface area (Å²) in [5.41, 5.74) is 9.43. The summed E-state index contributed by atoms with van der Waals surface area (Å²) < 4.78 is 5.99. The minimum atomic E-state index is 0.260. The van der Waals surface area contributed by atoms with Crippen molar-refractivity contribution in [3.05, 3.63) is 65.2 Å². The zero-order valence-electron chi connectivity index (χ0n) is 12.5. The fourth-order valence-electron chi connectivity index (χ4n) is 2.86. The Kier molecular flexibility index (Phi) is 4.23. The van der Waals surface area contributed by atoms with Crippen molar-refractivity contribution in [2.45, 2.75) is 25.6 Å². The van der Waals surface area contributed by atoms with Gasteiger partial charge in [-0.15, -0.1) is 0 Å². The van der Waals surface area contributed by atoms with Crippen molar-refractivity contribution in [2.75, 3.05) is 13.6 Å². The van der Waals surface area contributed by atoms with Crippen molar-refractivity contribution in [1.29, 1.82) is 0 Å². The molecule has 0 saturated heterocycles. The molecule has 1 aliphatic heterocycles. The Balaban J connectivity index is 1.54. The molecule has 0 fully saturated rings. The molecule has 0 radical (unpaired) electrons. The standard InChI is InChI=1S/C18H22N2O/c1-20(12-15-8-6-14(11-19)7-9-15)13-17-10-16-4-2-3-5-18(16)21-17/h2-9,17H,10-13,19H2,1H3. The van der Waals surface area contributed by atoms with Gasteiger partial charge in [0.2, 0.25) is 0 Å². The van der Waals surface area contributed by atoms with Gasteiger partial charge in [-0.05, 0) is 29.8 Å². The first-order valence-corrected chi connectivity index (χ1v) is 7.45. The second-order valence-corrected chi connectivity index (χ2v) is 5.77. The van der Waals surface area contributed by atoms with Gasteiger partial charge < -0.3 is 10.5 Å². The van der Waals surface area contributed by atoms with Gasteiger partial charge in [0.05, 0.1) is 0 Å². The lowest BCUT2D eigenvalue weighted by atomic mass is 10.1. The van der Waals surface area contributed by atoms with Crippen LogP contribution in [0.4, 0.5) is 0 Å². The van der Waals surface area contributed by atoms with E-state index in [-0.39, 0.29) is 6.10 Å². The number of para-hydroxylation sites is 1. The van der Waals surface area contributed by atoms with Crippen LogP contribution >= 0.6 is 0 Å². The lowest BCUT2D eigenvalue weighted by molar-refractivity contribution is 0.165. The number of rotatable bonds is 5. The summed E-state index contributed by atoms with van der Waals surface area (Å²) >= 11 is 0. The SMILES string of the molecule is CN(Cc1ccc(CN)cc1)CC1Cc2ccccc2O1. The Morgan fingerprint density at radius 1 is 1.10 bits per heavy atom. The van der Waals surface area contributed by atoms with Gasteiger partial charge in [-0.25, -0.2) is 0 Å². The average Bonchev–Trinajstić information content (AvgIpc) is 2.90. The summed E-state index contributed by atoms with van der Waals surface area (Å²) in [7, 11) is 2.14. The predicted octanol–water partition coefficient (Wildman–Crippen LogP) is 2.58. The Morgan fingerprint density at radius 3 is 2.52 bits per heavy atom. The number of hydrogen-bond donors (Lipinski definition) is 1. The third-order valence-electron chi connectivity index (χ3n) is 3.94. The first-order valence-electron chi connectivity index (χ1n) is 7.45. The first kappa shape index (κ1) is 14.1. The predicted molar refractivity (Wildman–Crippen MR) is 85.2 cm³/mol. The summed E-state index contributed by atoms with van der Waals surface area (Å²) in [5.74, 6) is 1.04. The molecule has 3 nitrogen and oxygen atoms in total. The molecule has 2 aromatic carbocycles. The highest BCUT2D eigenvalue weighted by molar-refractivity contribution is 5.37. The van der Waals surface area contributed by atoms with E-state index in [4.69, 9.17) is 10.5 Å². The lowest BCUT2D eigenvalue weighted by Crippen LogP contribution is -2.31. The van der Waals surface area contributed by atoms with Crippen molar-refractivity contribution in [1.82, 2.24) is 4.90 Å². The first-order chi connectivity index (χ1) is 10.2. The van der Waals surface area contributed by atoms with Crippen LogP contribution < -0.4 is 10.5 Å². The number of likely N-dealkylation sites (N-methyl/N-ethyl adjacent to an activating group) is 1. The third kappa shape index (κ3) is 3.43. The summed E-state index contributed by atoms with van der Waals surface area (Å²) in [5, 5.41) is 0. The highest BCUT2D eigenvalue weighted by atomic mass is 16.5. The molecule has 2 N–H and O–H groups in total. The maximum absolute atomic E-state index is 5.99. The number of fused-ring (bicyclic) bond motifs is 1. The van der Waals surface area contributed by atoms with Gasteiger partial charge in [-0.1, -0.05) is 42.5 Å². The van der Waals surface area contributed by atoms with Gasteiger partial charge in [-0.2, -0.15) is 0 Å². The van der Waals surface area contributed by atoms with Crippen LogP contribution in [0.5, 0.6) is 5.75 Å². The number of hydrogen-bond acceptors (Lipinski definition) is 3. The van der Waals surface area contributed by atoms with Crippen LogP contribution in [-0.2, 0) is 19.5 Å². The van der Waals surface area contributed by atoms with E-state index in [1.165, 1.54) is 16.7 Å². The molecule has 0 saturated carbocycles. The van der Waals surface area contributed by atoms with Crippen molar-refractivity contribution in [2.24, 2.45) is 5.73 Å². The summed E-state index contributed by atoms with van der Waals surface area (Å²) in [6.07, 6.45) is 1.27. The molecular weight excluding hydrogens is 260 g/mol. The van der Waals surface area contributed by atoms with Crippen LogP contribution in [0.15, 0.2) is 48.5 Å². The van der Waals surface area contributed by atoms with Crippen LogP contribution in [0.2, 0.25) is 0 Å². The molecular formula is C18H22N2O. The number of nitrogens with zero attached hydrogens (tertiary/aromatic N) is 1. The number of nitrogens with two attached hydrogens (primary N) is 1. The van der Waals surface area contributed by atoms with Crippen LogP contribution in [0.1, 0.15) is 16.7 Å².